The Morgan fingerprint density at radius 2 is 1.27 bits per heavy atom. The molecule has 12 nitrogen and oxygen atoms in total. The lowest BCUT2D eigenvalue weighted by atomic mass is 10.00. The van der Waals surface area contributed by atoms with Gasteiger partial charge in [-0.05, 0) is 92.1 Å². The maximum atomic E-state index is 13.2. The first kappa shape index (κ1) is 38.2. The standard InChI is InChI=1S/C30H40IN5O7S2/c1-29(2,44)23(35-25(39)20(32)13-16-7-11-19(37)12-8-16)27(41)33-15-22(38)34-21(14-17-5-9-18(31)10-6-17)26(40)36-24(28(42)43)30(3,4)45/h5-12,20-21,23-24,37,44-45H,13-15,32H2,1-4H3,(H,33,41)(H,34,38)(H,35,39)(H,36,40)(H,42,43)/t20-,21-,23-,24-/m0/s1/i31-2. The zero-order valence-electron chi connectivity index (χ0n) is 25.3. The Hall–Kier alpha value is -3.02. The lowest BCUT2D eigenvalue weighted by Gasteiger charge is -2.30. The molecule has 4 atom stereocenters. The summed E-state index contributed by atoms with van der Waals surface area (Å²) in [7, 11) is 0. The quantitative estimate of drug-likeness (QED) is 0.0950. The van der Waals surface area contributed by atoms with Gasteiger partial charge in [-0.1, -0.05) is 24.3 Å². The molecule has 0 heterocycles. The van der Waals surface area contributed by atoms with Gasteiger partial charge >= 0.3 is 5.97 Å². The van der Waals surface area contributed by atoms with Crippen LogP contribution < -0.4 is 27.0 Å². The molecule has 45 heavy (non-hydrogen) atoms. The number of phenols is 1. The number of rotatable bonds is 15. The summed E-state index contributed by atoms with van der Waals surface area (Å²) in [6.45, 7) is 5.74. The number of nitrogens with two attached hydrogens (primary N) is 1. The number of carboxylic acid groups (broad SMARTS) is 1. The molecule has 0 radical (unpaired) electrons. The number of nitrogens with one attached hydrogen (secondary N) is 4. The van der Waals surface area contributed by atoms with Gasteiger partial charge in [-0.25, -0.2) is 4.79 Å². The van der Waals surface area contributed by atoms with Crippen LogP contribution in [0, 0.1) is 3.57 Å². The predicted octanol–water partition coefficient (Wildman–Crippen LogP) is 1.18. The topological polar surface area (TPSA) is 200 Å². The van der Waals surface area contributed by atoms with Crippen molar-refractivity contribution in [2.45, 2.75) is 74.2 Å². The number of hydrogen-bond acceptors (Lipinski definition) is 9. The van der Waals surface area contributed by atoms with E-state index in [-0.39, 0.29) is 18.6 Å². The molecule has 0 aromatic heterocycles. The molecule has 8 N–H and O–H groups in total. The fraction of sp³-hybridized carbons (Fsp3) is 0.433. The first-order valence-electron chi connectivity index (χ1n) is 13.9. The fourth-order valence-electron chi connectivity index (χ4n) is 4.15. The Kier molecular flexibility index (Phi) is 14.0. The minimum Gasteiger partial charge on any atom is -0.508 e. The number of phenolic OH excluding ortho intramolecular Hbond substituents is 1. The van der Waals surface area contributed by atoms with Crippen LogP contribution in [0.15, 0.2) is 48.5 Å². The van der Waals surface area contributed by atoms with E-state index in [1.54, 1.807) is 38.1 Å². The number of hydrogen-bond donors (Lipinski definition) is 9. The summed E-state index contributed by atoms with van der Waals surface area (Å²) in [6.07, 6.45) is 0.191. The average molecular weight is 772 g/mol. The molecular formula is C30H40IN5O7S2. The Labute approximate surface area is 287 Å². The fourth-order valence-corrected chi connectivity index (χ4v) is 4.87. The zero-order chi connectivity index (χ0) is 34.1. The van der Waals surface area contributed by atoms with E-state index in [2.05, 4.69) is 69.1 Å². The van der Waals surface area contributed by atoms with Gasteiger partial charge in [-0.15, -0.1) is 0 Å². The number of halogens is 1. The second-order valence-corrected chi connectivity index (χ2v) is 15.2. The highest BCUT2D eigenvalue weighted by molar-refractivity contribution is 14.1. The van der Waals surface area contributed by atoms with E-state index in [0.717, 1.165) is 3.57 Å². The van der Waals surface area contributed by atoms with Crippen LogP contribution in [-0.4, -0.2) is 80.0 Å². The molecule has 2 rings (SSSR count). The Balaban J connectivity index is 2.11. The van der Waals surface area contributed by atoms with Gasteiger partial charge in [0.05, 0.1) is 12.6 Å². The van der Waals surface area contributed by atoms with Crippen molar-refractivity contribution in [3.63, 3.8) is 0 Å². The highest BCUT2D eigenvalue weighted by Crippen LogP contribution is 2.20. The molecule has 246 valence electrons. The lowest BCUT2D eigenvalue weighted by Crippen LogP contribution is -2.60. The number of amides is 4. The SMILES string of the molecule is CC(C)(S)[C@@H](NC(=O)[C@H](Cc1ccc([125I])cc1)NC(=O)CNC(=O)[C@H](NC(=O)[C@@H](N)Cc1ccc(O)cc1)C(C)(C)S)C(=O)O. The van der Waals surface area contributed by atoms with Gasteiger partial charge in [0.2, 0.25) is 23.6 Å². The number of carbonyl (C=O) groups is 5. The van der Waals surface area contributed by atoms with E-state index in [4.69, 9.17) is 5.73 Å². The van der Waals surface area contributed by atoms with Crippen LogP contribution in [-0.2, 0) is 36.8 Å². The predicted molar refractivity (Wildman–Crippen MR) is 185 cm³/mol. The van der Waals surface area contributed by atoms with Crippen LogP contribution in [0.4, 0.5) is 0 Å². The molecule has 0 spiro atoms. The van der Waals surface area contributed by atoms with Crippen LogP contribution in [0.1, 0.15) is 38.8 Å². The van der Waals surface area contributed by atoms with Crippen molar-refractivity contribution < 1.29 is 34.2 Å². The summed E-state index contributed by atoms with van der Waals surface area (Å²) in [5, 5.41) is 29.2. The van der Waals surface area contributed by atoms with E-state index < -0.39 is 69.8 Å². The van der Waals surface area contributed by atoms with Gasteiger partial charge in [0.1, 0.15) is 23.9 Å². The van der Waals surface area contributed by atoms with E-state index in [1.165, 1.54) is 26.0 Å². The summed E-state index contributed by atoms with van der Waals surface area (Å²) < 4.78 is -1.21. The van der Waals surface area contributed by atoms with Crippen molar-refractivity contribution in [3.8, 4) is 5.75 Å². The number of aliphatic carboxylic acids is 1. The first-order chi connectivity index (χ1) is 20.8. The highest BCUT2D eigenvalue weighted by Gasteiger charge is 2.37. The third-order valence-corrected chi connectivity index (χ3v) is 7.89. The van der Waals surface area contributed by atoms with Crippen LogP contribution in [0.25, 0.3) is 0 Å². The van der Waals surface area contributed by atoms with E-state index >= 15 is 0 Å². The van der Waals surface area contributed by atoms with Crippen LogP contribution in [0.5, 0.6) is 5.75 Å². The summed E-state index contributed by atoms with van der Waals surface area (Å²) in [5.74, 6) is -4.02. The van der Waals surface area contributed by atoms with E-state index in [9.17, 15) is 34.2 Å². The van der Waals surface area contributed by atoms with Gasteiger partial charge in [0.15, 0.2) is 0 Å². The van der Waals surface area contributed by atoms with Crippen molar-refractivity contribution in [1.29, 1.82) is 0 Å². The molecule has 2 aromatic rings. The maximum absolute atomic E-state index is 13.2. The van der Waals surface area contributed by atoms with Crippen molar-refractivity contribution in [2.75, 3.05) is 6.54 Å². The van der Waals surface area contributed by atoms with Gasteiger partial charge in [0, 0.05) is 19.5 Å². The molecule has 0 bridgehead atoms. The molecule has 0 aliphatic rings. The summed E-state index contributed by atoms with van der Waals surface area (Å²) >= 11 is 10.9. The molecule has 0 unspecified atom stereocenters. The molecule has 0 aliphatic heterocycles. The Bertz CT molecular complexity index is 1360. The normalized spacial score (nSPS) is 14.3. The number of aromatic hydroxyl groups is 1. The smallest absolute Gasteiger partial charge is 0.327 e. The molecule has 0 saturated heterocycles. The molecule has 0 aliphatic carbocycles. The average Bonchev–Trinajstić information content (AvgIpc) is 2.93. The number of benzene rings is 2. The number of thiol groups is 2. The van der Waals surface area contributed by atoms with Gasteiger partial charge < -0.3 is 37.2 Å². The van der Waals surface area contributed by atoms with Gasteiger partial charge in [0.25, 0.3) is 0 Å². The molecule has 0 saturated carbocycles. The summed E-state index contributed by atoms with van der Waals surface area (Å²) in [5.41, 5.74) is 7.47. The van der Waals surface area contributed by atoms with E-state index in [0.29, 0.717) is 11.1 Å². The first-order valence-corrected chi connectivity index (χ1v) is 15.9. The zero-order valence-corrected chi connectivity index (χ0v) is 29.3. The van der Waals surface area contributed by atoms with Crippen molar-refractivity contribution >= 4 is 77.4 Å². The number of carbonyl (C=O) groups excluding carboxylic acids is 4. The second-order valence-electron chi connectivity index (χ2n) is 11.7. The Morgan fingerprint density at radius 1 is 0.778 bits per heavy atom. The Morgan fingerprint density at radius 3 is 1.78 bits per heavy atom. The van der Waals surface area contributed by atoms with E-state index in [1.807, 2.05) is 12.1 Å². The van der Waals surface area contributed by atoms with Crippen LogP contribution in [0.3, 0.4) is 0 Å². The molecule has 15 heteroatoms. The summed E-state index contributed by atoms with van der Waals surface area (Å²) in [6, 6.07) is 8.67. The molecular weight excluding hydrogens is 731 g/mol. The second kappa shape index (κ2) is 16.5. The van der Waals surface area contributed by atoms with Gasteiger partial charge in [-0.2, -0.15) is 25.3 Å². The largest absolute Gasteiger partial charge is 0.508 e. The minimum absolute atomic E-state index is 0.0447. The summed E-state index contributed by atoms with van der Waals surface area (Å²) in [4.78, 5) is 64.0. The third-order valence-electron chi connectivity index (χ3n) is 6.65. The third kappa shape index (κ3) is 12.7. The van der Waals surface area contributed by atoms with Crippen LogP contribution in [0.2, 0.25) is 0 Å². The lowest BCUT2D eigenvalue weighted by molar-refractivity contribution is -0.143. The van der Waals surface area contributed by atoms with Crippen LogP contribution >= 0.6 is 47.8 Å². The molecule has 2 aromatic carbocycles. The minimum atomic E-state index is -1.36. The van der Waals surface area contributed by atoms with Gasteiger partial charge in [-0.3, -0.25) is 19.2 Å². The monoisotopic (exact) mass is 771 g/mol. The molecule has 4 amide bonds. The number of carboxylic acids is 1. The van der Waals surface area contributed by atoms with Crippen molar-refractivity contribution in [1.82, 2.24) is 21.3 Å². The van der Waals surface area contributed by atoms with Crippen molar-refractivity contribution in [3.05, 3.63) is 63.2 Å². The maximum Gasteiger partial charge on any atom is 0.327 e. The van der Waals surface area contributed by atoms with Crippen molar-refractivity contribution in [2.24, 2.45) is 5.73 Å². The molecule has 0 fully saturated rings. The highest BCUT2D eigenvalue weighted by atomic mass is 125.